The number of nitrogen functional groups attached to an aromatic ring is 1. The van der Waals surface area contributed by atoms with Crippen LogP contribution in [0.3, 0.4) is 0 Å². The normalized spacial score (nSPS) is 12.7. The van der Waals surface area contributed by atoms with Crippen LogP contribution in [-0.2, 0) is 0 Å². The molecule has 1 heterocycles. The van der Waals surface area contributed by atoms with Crippen LogP contribution in [0.2, 0.25) is 0 Å². The van der Waals surface area contributed by atoms with Crippen molar-refractivity contribution in [2.75, 3.05) is 17.4 Å². The molecule has 0 aliphatic rings. The van der Waals surface area contributed by atoms with Gasteiger partial charge in [-0.05, 0) is 12.8 Å². The number of nitrogens with two attached hydrogens (primary N) is 1. The number of nitrogens with one attached hydrogen (secondary N) is 1. The number of halogens is 1. The second-order valence-electron chi connectivity index (χ2n) is 4.11. The molecule has 1 unspecified atom stereocenters. The van der Waals surface area contributed by atoms with Gasteiger partial charge in [0.15, 0.2) is 11.6 Å². The van der Waals surface area contributed by atoms with Crippen molar-refractivity contribution in [3.8, 4) is 0 Å². The zero-order valence-electron chi connectivity index (χ0n) is 10.0. The second kappa shape index (κ2) is 5.07. The Morgan fingerprint density at radius 1 is 1.44 bits per heavy atom. The topological polar surface area (TPSA) is 67.1 Å². The van der Waals surface area contributed by atoms with Gasteiger partial charge in [0, 0.05) is 13.1 Å². The van der Waals surface area contributed by atoms with E-state index in [0.717, 1.165) is 6.20 Å². The summed E-state index contributed by atoms with van der Waals surface area (Å²) in [6.45, 7) is 6.16. The van der Waals surface area contributed by atoms with Crippen LogP contribution in [0.5, 0.6) is 0 Å². The van der Waals surface area contributed by atoms with E-state index in [2.05, 4.69) is 29.2 Å². The van der Waals surface area contributed by atoms with Crippen LogP contribution in [0.4, 0.5) is 16.2 Å². The van der Waals surface area contributed by atoms with Gasteiger partial charge in [-0.3, -0.25) is 5.43 Å². The number of nitrogens with zero attached hydrogens (tertiary/aromatic N) is 3. The molecule has 3 N–H and O–H groups in total. The Morgan fingerprint density at radius 2 is 2.06 bits per heavy atom. The molecule has 0 saturated heterocycles. The Balaban J connectivity index is 3.02. The van der Waals surface area contributed by atoms with E-state index in [1.54, 1.807) is 11.9 Å². The Morgan fingerprint density at radius 3 is 2.56 bits per heavy atom. The molecular formula is C10H18FN5. The smallest absolute Gasteiger partial charge is 0.239 e. The maximum absolute atomic E-state index is 13.5. The van der Waals surface area contributed by atoms with Crippen LogP contribution < -0.4 is 16.2 Å². The molecule has 6 heteroatoms. The minimum Gasteiger partial charge on any atom is -0.354 e. The van der Waals surface area contributed by atoms with Crippen LogP contribution in [0.1, 0.15) is 20.8 Å². The van der Waals surface area contributed by atoms with E-state index in [0.29, 0.717) is 5.92 Å². The fraction of sp³-hybridized carbons (Fsp3) is 0.600. The second-order valence-corrected chi connectivity index (χ2v) is 4.11. The number of hydrogen-bond donors (Lipinski definition) is 2. The molecule has 0 amide bonds. The van der Waals surface area contributed by atoms with Crippen molar-refractivity contribution in [1.29, 1.82) is 0 Å². The maximum atomic E-state index is 13.5. The molecule has 0 spiro atoms. The molecule has 0 aliphatic carbocycles. The van der Waals surface area contributed by atoms with Crippen molar-refractivity contribution in [3.63, 3.8) is 0 Å². The minimum atomic E-state index is -0.450. The molecule has 0 aliphatic heterocycles. The number of anilines is 2. The highest BCUT2D eigenvalue weighted by atomic mass is 19.1. The van der Waals surface area contributed by atoms with Crippen molar-refractivity contribution in [2.45, 2.75) is 26.8 Å². The average Bonchev–Trinajstić information content (AvgIpc) is 2.27. The van der Waals surface area contributed by atoms with Gasteiger partial charge in [-0.2, -0.15) is 4.98 Å². The lowest BCUT2D eigenvalue weighted by molar-refractivity contribution is 0.492. The molecule has 5 nitrogen and oxygen atoms in total. The predicted molar refractivity (Wildman–Crippen MR) is 62.5 cm³/mol. The summed E-state index contributed by atoms with van der Waals surface area (Å²) in [5.74, 6) is 5.60. The number of hydrogen-bond acceptors (Lipinski definition) is 5. The summed E-state index contributed by atoms with van der Waals surface area (Å²) in [4.78, 5) is 9.47. The molecule has 1 aromatic heterocycles. The third kappa shape index (κ3) is 2.57. The van der Waals surface area contributed by atoms with E-state index < -0.39 is 5.82 Å². The quantitative estimate of drug-likeness (QED) is 0.601. The highest BCUT2D eigenvalue weighted by Crippen LogP contribution is 2.20. The summed E-state index contributed by atoms with van der Waals surface area (Å²) in [5.41, 5.74) is 2.30. The van der Waals surface area contributed by atoms with E-state index >= 15 is 0 Å². The van der Waals surface area contributed by atoms with Crippen molar-refractivity contribution < 1.29 is 4.39 Å². The molecule has 16 heavy (non-hydrogen) atoms. The molecule has 0 saturated carbocycles. The lowest BCUT2D eigenvalue weighted by Gasteiger charge is -2.29. The Bertz CT molecular complexity index is 355. The van der Waals surface area contributed by atoms with E-state index in [1.165, 1.54) is 0 Å². The molecule has 1 aromatic rings. The number of rotatable bonds is 4. The fourth-order valence-corrected chi connectivity index (χ4v) is 1.32. The van der Waals surface area contributed by atoms with Gasteiger partial charge in [0.05, 0.1) is 6.20 Å². The first kappa shape index (κ1) is 12.6. The maximum Gasteiger partial charge on any atom is 0.239 e. The summed E-state index contributed by atoms with van der Waals surface area (Å²) >= 11 is 0. The summed E-state index contributed by atoms with van der Waals surface area (Å²) in [6.07, 6.45) is 1.11. The summed E-state index contributed by atoms with van der Waals surface area (Å²) in [5, 5.41) is 0. The zero-order valence-corrected chi connectivity index (χ0v) is 10.0. The van der Waals surface area contributed by atoms with E-state index in [9.17, 15) is 4.39 Å². The SMILES string of the molecule is CC(C)C(C)N(C)c1nc(NN)ncc1F. The average molecular weight is 227 g/mol. The van der Waals surface area contributed by atoms with Gasteiger partial charge in [-0.1, -0.05) is 13.8 Å². The monoisotopic (exact) mass is 227 g/mol. The van der Waals surface area contributed by atoms with Crippen molar-refractivity contribution in [3.05, 3.63) is 12.0 Å². The summed E-state index contributed by atoms with van der Waals surface area (Å²) in [7, 11) is 1.80. The van der Waals surface area contributed by atoms with Gasteiger partial charge in [0.1, 0.15) is 0 Å². The molecular weight excluding hydrogens is 209 g/mol. The Labute approximate surface area is 94.8 Å². The first-order valence-electron chi connectivity index (χ1n) is 5.19. The van der Waals surface area contributed by atoms with Gasteiger partial charge in [-0.25, -0.2) is 15.2 Å². The van der Waals surface area contributed by atoms with E-state index in [1.807, 2.05) is 6.92 Å². The zero-order chi connectivity index (χ0) is 12.3. The fourth-order valence-electron chi connectivity index (χ4n) is 1.32. The largest absolute Gasteiger partial charge is 0.354 e. The predicted octanol–water partition coefficient (Wildman–Crippen LogP) is 1.38. The lowest BCUT2D eigenvalue weighted by atomic mass is 10.1. The van der Waals surface area contributed by atoms with Crippen LogP contribution in [0, 0.1) is 11.7 Å². The molecule has 0 bridgehead atoms. The molecule has 0 fully saturated rings. The van der Waals surface area contributed by atoms with Crippen molar-refractivity contribution in [2.24, 2.45) is 11.8 Å². The van der Waals surface area contributed by atoms with Crippen molar-refractivity contribution in [1.82, 2.24) is 9.97 Å². The van der Waals surface area contributed by atoms with Gasteiger partial charge in [0.2, 0.25) is 5.95 Å². The summed E-state index contributed by atoms with van der Waals surface area (Å²) < 4.78 is 13.5. The highest BCUT2D eigenvalue weighted by Gasteiger charge is 2.18. The van der Waals surface area contributed by atoms with Crippen LogP contribution >= 0.6 is 0 Å². The molecule has 0 radical (unpaired) electrons. The lowest BCUT2D eigenvalue weighted by Crippen LogP contribution is -2.34. The first-order valence-corrected chi connectivity index (χ1v) is 5.19. The van der Waals surface area contributed by atoms with Gasteiger partial charge < -0.3 is 4.90 Å². The standard InChI is InChI=1S/C10H18FN5/c1-6(2)7(3)16(4)9-8(11)5-13-10(14-9)15-12/h5-7H,12H2,1-4H3,(H,13,14,15). The molecule has 1 atom stereocenters. The Hall–Kier alpha value is -1.43. The van der Waals surface area contributed by atoms with E-state index in [4.69, 9.17) is 5.84 Å². The van der Waals surface area contributed by atoms with E-state index in [-0.39, 0.29) is 17.8 Å². The molecule has 0 aromatic carbocycles. The van der Waals surface area contributed by atoms with Gasteiger partial charge in [-0.15, -0.1) is 0 Å². The van der Waals surface area contributed by atoms with Gasteiger partial charge >= 0.3 is 0 Å². The first-order chi connectivity index (χ1) is 7.47. The van der Waals surface area contributed by atoms with Gasteiger partial charge in [0.25, 0.3) is 0 Å². The Kier molecular flexibility index (Phi) is 4.00. The molecule has 90 valence electrons. The minimum absolute atomic E-state index is 0.176. The number of aromatic nitrogens is 2. The molecule has 1 rings (SSSR count). The third-order valence-electron chi connectivity index (χ3n) is 2.76. The summed E-state index contributed by atoms with van der Waals surface area (Å²) in [6, 6.07) is 0.176. The third-order valence-corrected chi connectivity index (χ3v) is 2.76. The van der Waals surface area contributed by atoms with Crippen LogP contribution in [0.15, 0.2) is 6.20 Å². The highest BCUT2D eigenvalue weighted by molar-refractivity contribution is 5.43. The number of hydrazine groups is 1. The van der Waals surface area contributed by atoms with Crippen molar-refractivity contribution >= 4 is 11.8 Å². The van der Waals surface area contributed by atoms with Crippen LogP contribution in [0.25, 0.3) is 0 Å². The van der Waals surface area contributed by atoms with Crippen LogP contribution in [-0.4, -0.2) is 23.1 Å².